The van der Waals surface area contributed by atoms with Crippen molar-refractivity contribution >= 4 is 22.4 Å². The van der Waals surface area contributed by atoms with Gasteiger partial charge >= 0.3 is 5.97 Å². The molecular formula is C9H12N2O2S. The number of thiazole rings is 1. The van der Waals surface area contributed by atoms with Crippen LogP contribution in [0.15, 0.2) is 5.38 Å². The van der Waals surface area contributed by atoms with Gasteiger partial charge < -0.3 is 10.4 Å². The lowest BCUT2D eigenvalue weighted by atomic mass is 9.82. The summed E-state index contributed by atoms with van der Waals surface area (Å²) in [6.45, 7) is 2.21. The van der Waals surface area contributed by atoms with E-state index in [0.717, 1.165) is 23.9 Å². The monoisotopic (exact) mass is 212 g/mol. The van der Waals surface area contributed by atoms with Crippen molar-refractivity contribution in [3.05, 3.63) is 11.1 Å². The van der Waals surface area contributed by atoms with Crippen molar-refractivity contribution in [2.45, 2.75) is 25.8 Å². The highest BCUT2D eigenvalue weighted by Crippen LogP contribution is 2.30. The Morgan fingerprint density at radius 1 is 1.71 bits per heavy atom. The van der Waals surface area contributed by atoms with Crippen LogP contribution in [-0.2, 0) is 0 Å². The second-order valence-corrected chi connectivity index (χ2v) is 4.62. The number of nitrogens with one attached hydrogen (secondary N) is 1. The average molecular weight is 212 g/mol. The van der Waals surface area contributed by atoms with Crippen molar-refractivity contribution in [2.75, 3.05) is 5.32 Å². The highest BCUT2D eigenvalue weighted by Gasteiger charge is 2.25. The van der Waals surface area contributed by atoms with Gasteiger partial charge in [-0.2, -0.15) is 0 Å². The van der Waals surface area contributed by atoms with E-state index >= 15 is 0 Å². The van der Waals surface area contributed by atoms with Gasteiger partial charge in [-0.1, -0.05) is 6.92 Å². The van der Waals surface area contributed by atoms with E-state index in [9.17, 15) is 4.79 Å². The van der Waals surface area contributed by atoms with Crippen LogP contribution in [0.25, 0.3) is 0 Å². The summed E-state index contributed by atoms with van der Waals surface area (Å²) in [4.78, 5) is 14.5. The Morgan fingerprint density at radius 3 is 2.93 bits per heavy atom. The SMILES string of the molecule is CC1CC(Nc2nc(C(=O)O)cs2)C1. The zero-order chi connectivity index (χ0) is 10.1. The van der Waals surface area contributed by atoms with Crippen LogP contribution in [0.4, 0.5) is 5.13 Å². The molecule has 1 aromatic heterocycles. The molecule has 2 rings (SSSR count). The summed E-state index contributed by atoms with van der Waals surface area (Å²) in [5.41, 5.74) is 0.130. The molecule has 0 radical (unpaired) electrons. The summed E-state index contributed by atoms with van der Waals surface area (Å²) in [6, 6.07) is 0.484. The molecule has 0 aliphatic heterocycles. The maximum Gasteiger partial charge on any atom is 0.355 e. The van der Waals surface area contributed by atoms with Gasteiger partial charge in [-0.15, -0.1) is 11.3 Å². The number of anilines is 1. The lowest BCUT2D eigenvalue weighted by Crippen LogP contribution is -2.33. The lowest BCUT2D eigenvalue weighted by Gasteiger charge is -2.33. The van der Waals surface area contributed by atoms with Crippen LogP contribution in [0.2, 0.25) is 0 Å². The first kappa shape index (κ1) is 9.45. The minimum atomic E-state index is -0.962. The molecule has 0 saturated heterocycles. The van der Waals surface area contributed by atoms with E-state index in [4.69, 9.17) is 5.11 Å². The molecule has 0 aromatic carbocycles. The lowest BCUT2D eigenvalue weighted by molar-refractivity contribution is 0.0691. The first-order chi connectivity index (χ1) is 6.65. The largest absolute Gasteiger partial charge is 0.476 e. The number of nitrogens with zero attached hydrogens (tertiary/aromatic N) is 1. The van der Waals surface area contributed by atoms with E-state index in [1.807, 2.05) is 0 Å². The molecule has 76 valence electrons. The second kappa shape index (κ2) is 3.57. The molecule has 14 heavy (non-hydrogen) atoms. The van der Waals surface area contributed by atoms with E-state index in [2.05, 4.69) is 17.2 Å². The van der Waals surface area contributed by atoms with Crippen molar-refractivity contribution in [1.29, 1.82) is 0 Å². The van der Waals surface area contributed by atoms with Gasteiger partial charge in [0.1, 0.15) is 0 Å². The molecule has 5 heteroatoms. The number of carbonyl (C=O) groups is 1. The Kier molecular flexibility index (Phi) is 2.41. The molecule has 2 N–H and O–H groups in total. The van der Waals surface area contributed by atoms with Gasteiger partial charge in [0.2, 0.25) is 0 Å². The third-order valence-electron chi connectivity index (χ3n) is 2.42. The normalized spacial score (nSPS) is 25.5. The zero-order valence-corrected chi connectivity index (χ0v) is 8.67. The van der Waals surface area contributed by atoms with Crippen LogP contribution in [0.5, 0.6) is 0 Å². The molecule has 4 nitrogen and oxygen atoms in total. The number of hydrogen-bond donors (Lipinski definition) is 2. The fourth-order valence-corrected chi connectivity index (χ4v) is 2.40. The Hall–Kier alpha value is -1.10. The number of hydrogen-bond acceptors (Lipinski definition) is 4. The number of carboxylic acids is 1. The molecule has 1 fully saturated rings. The standard InChI is InChI=1S/C9H12N2O2S/c1-5-2-6(3-5)10-9-11-7(4-14-9)8(12)13/h4-6H,2-3H2,1H3,(H,10,11)(H,12,13). The van der Waals surface area contributed by atoms with Gasteiger partial charge in [0, 0.05) is 11.4 Å². The zero-order valence-electron chi connectivity index (χ0n) is 7.86. The third-order valence-corrected chi connectivity index (χ3v) is 3.20. The summed E-state index contributed by atoms with van der Waals surface area (Å²) < 4.78 is 0. The Balaban J connectivity index is 1.93. The average Bonchev–Trinajstić information content (AvgIpc) is 2.50. The highest BCUT2D eigenvalue weighted by molar-refractivity contribution is 7.13. The smallest absolute Gasteiger partial charge is 0.355 e. The maximum atomic E-state index is 10.6. The van der Waals surface area contributed by atoms with Gasteiger partial charge in [-0.3, -0.25) is 0 Å². The van der Waals surface area contributed by atoms with Crippen molar-refractivity contribution in [3.63, 3.8) is 0 Å². The molecule has 0 atom stereocenters. The van der Waals surface area contributed by atoms with Crippen molar-refractivity contribution in [3.8, 4) is 0 Å². The van der Waals surface area contributed by atoms with Crippen molar-refractivity contribution < 1.29 is 9.90 Å². The van der Waals surface area contributed by atoms with Crippen molar-refractivity contribution in [2.24, 2.45) is 5.92 Å². The fourth-order valence-electron chi connectivity index (χ4n) is 1.63. The number of rotatable bonds is 3. The third kappa shape index (κ3) is 1.87. The van der Waals surface area contributed by atoms with Crippen LogP contribution in [-0.4, -0.2) is 22.1 Å². The molecule has 1 aliphatic rings. The predicted octanol–water partition coefficient (Wildman–Crippen LogP) is 2.05. The van der Waals surface area contributed by atoms with E-state index in [1.165, 1.54) is 11.3 Å². The highest BCUT2D eigenvalue weighted by atomic mass is 32.1. The molecule has 1 heterocycles. The molecule has 0 spiro atoms. The maximum absolute atomic E-state index is 10.6. The summed E-state index contributed by atoms with van der Waals surface area (Å²) in [6.07, 6.45) is 2.31. The van der Waals surface area contributed by atoms with Crippen molar-refractivity contribution in [1.82, 2.24) is 4.98 Å². The summed E-state index contributed by atoms with van der Waals surface area (Å²) in [5.74, 6) is -0.178. The Bertz CT molecular complexity index is 344. The quantitative estimate of drug-likeness (QED) is 0.805. The predicted molar refractivity (Wildman–Crippen MR) is 54.9 cm³/mol. The molecule has 1 aromatic rings. The molecule has 0 bridgehead atoms. The summed E-state index contributed by atoms with van der Waals surface area (Å²) in [7, 11) is 0. The van der Waals surface area contributed by atoms with Crippen LogP contribution in [0.1, 0.15) is 30.3 Å². The molecule has 1 saturated carbocycles. The van der Waals surface area contributed by atoms with E-state index in [0.29, 0.717) is 6.04 Å². The van der Waals surface area contributed by atoms with Crippen LogP contribution >= 0.6 is 11.3 Å². The van der Waals surface area contributed by atoms with Gasteiger partial charge in [0.25, 0.3) is 0 Å². The topological polar surface area (TPSA) is 62.2 Å². The summed E-state index contributed by atoms with van der Waals surface area (Å²) >= 11 is 1.35. The first-order valence-corrected chi connectivity index (χ1v) is 5.48. The van der Waals surface area contributed by atoms with Gasteiger partial charge in [-0.05, 0) is 18.8 Å². The van der Waals surface area contributed by atoms with E-state index in [1.54, 1.807) is 5.38 Å². The fraction of sp³-hybridized carbons (Fsp3) is 0.556. The van der Waals surface area contributed by atoms with E-state index < -0.39 is 5.97 Å². The molecule has 1 aliphatic carbocycles. The number of carboxylic acid groups (broad SMARTS) is 1. The molecular weight excluding hydrogens is 200 g/mol. The van der Waals surface area contributed by atoms with Gasteiger partial charge in [0.05, 0.1) is 0 Å². The van der Waals surface area contributed by atoms with Gasteiger partial charge in [-0.25, -0.2) is 9.78 Å². The second-order valence-electron chi connectivity index (χ2n) is 3.76. The Morgan fingerprint density at radius 2 is 2.43 bits per heavy atom. The first-order valence-electron chi connectivity index (χ1n) is 4.60. The number of aromatic nitrogens is 1. The molecule has 0 unspecified atom stereocenters. The minimum Gasteiger partial charge on any atom is -0.476 e. The molecule has 0 amide bonds. The van der Waals surface area contributed by atoms with Crippen LogP contribution < -0.4 is 5.32 Å². The minimum absolute atomic E-state index is 0.130. The van der Waals surface area contributed by atoms with E-state index in [-0.39, 0.29) is 5.69 Å². The van der Waals surface area contributed by atoms with Crippen LogP contribution in [0.3, 0.4) is 0 Å². The Labute approximate surface area is 86.0 Å². The number of aromatic carboxylic acids is 1. The summed E-state index contributed by atoms with van der Waals surface area (Å²) in [5, 5.41) is 14.2. The van der Waals surface area contributed by atoms with Gasteiger partial charge in [0.15, 0.2) is 10.8 Å². The van der Waals surface area contributed by atoms with Crippen LogP contribution in [0, 0.1) is 5.92 Å².